The molecule has 4 aliphatic rings. The number of piperidine rings is 1. The minimum atomic E-state index is -0.417. The van der Waals surface area contributed by atoms with Crippen LogP contribution < -0.4 is 5.32 Å². The Labute approximate surface area is 207 Å². The van der Waals surface area contributed by atoms with Crippen LogP contribution in [-0.2, 0) is 14.3 Å². The van der Waals surface area contributed by atoms with Gasteiger partial charge >= 0.3 is 0 Å². The number of anilines is 1. The van der Waals surface area contributed by atoms with Gasteiger partial charge in [0.05, 0.1) is 24.9 Å². The number of ether oxygens (including phenoxy) is 2. The number of hydrogen-bond donors (Lipinski definition) is 2. The average molecular weight is 480 g/mol. The summed E-state index contributed by atoms with van der Waals surface area (Å²) in [4.78, 5) is 19.9. The highest BCUT2D eigenvalue weighted by molar-refractivity contribution is 5.96. The number of pyridine rings is 1. The number of hydrogen-bond acceptors (Lipinski definition) is 6. The summed E-state index contributed by atoms with van der Waals surface area (Å²) in [5, 5.41) is 15.8. The Kier molecular flexibility index (Phi) is 5.87. The molecule has 1 spiro atoms. The predicted octanol–water partition coefficient (Wildman–Crippen LogP) is 3.63. The van der Waals surface area contributed by atoms with Crippen molar-refractivity contribution in [2.24, 2.45) is 11.3 Å². The minimum Gasteiger partial charge on any atom is -0.389 e. The zero-order chi connectivity index (χ0) is 24.2. The van der Waals surface area contributed by atoms with E-state index in [2.05, 4.69) is 41.2 Å². The summed E-state index contributed by atoms with van der Waals surface area (Å²) in [6, 6.07) is 6.55. The van der Waals surface area contributed by atoms with Gasteiger partial charge in [0.2, 0.25) is 5.91 Å². The topological polar surface area (TPSA) is 83.9 Å². The predicted molar refractivity (Wildman–Crippen MR) is 134 cm³/mol. The summed E-state index contributed by atoms with van der Waals surface area (Å²) >= 11 is 0. The van der Waals surface area contributed by atoms with Crippen molar-refractivity contribution in [3.8, 4) is 0 Å². The lowest BCUT2D eigenvalue weighted by atomic mass is 9.83. The van der Waals surface area contributed by atoms with E-state index in [0.29, 0.717) is 24.9 Å². The molecule has 1 amide bonds. The molecule has 3 atom stereocenters. The van der Waals surface area contributed by atoms with Gasteiger partial charge in [-0.15, -0.1) is 0 Å². The van der Waals surface area contributed by atoms with Crippen molar-refractivity contribution in [3.63, 3.8) is 0 Å². The van der Waals surface area contributed by atoms with Gasteiger partial charge in [-0.25, -0.2) is 4.98 Å². The molecule has 2 aromatic rings. The fraction of sp³-hybridized carbons (Fsp3) is 0.643. The van der Waals surface area contributed by atoms with E-state index >= 15 is 0 Å². The Morgan fingerprint density at radius 1 is 1.14 bits per heavy atom. The molecule has 7 nitrogen and oxygen atoms in total. The number of likely N-dealkylation sites (tertiary alicyclic amines) is 1. The summed E-state index contributed by atoms with van der Waals surface area (Å²) in [7, 11) is 0. The van der Waals surface area contributed by atoms with Crippen LogP contribution in [0, 0.1) is 18.3 Å². The highest BCUT2D eigenvalue weighted by Crippen LogP contribution is 2.59. The number of benzene rings is 1. The quantitative estimate of drug-likeness (QED) is 0.697. The third-order valence-corrected chi connectivity index (χ3v) is 9.40. The molecule has 1 aliphatic carbocycles. The molecule has 1 aromatic carbocycles. The lowest BCUT2D eigenvalue weighted by Gasteiger charge is -2.44. The van der Waals surface area contributed by atoms with Crippen LogP contribution in [0.4, 0.5) is 5.82 Å². The fourth-order valence-electron chi connectivity index (χ4n) is 6.75. The Morgan fingerprint density at radius 2 is 1.91 bits per heavy atom. The van der Waals surface area contributed by atoms with Crippen molar-refractivity contribution in [3.05, 3.63) is 35.5 Å². The van der Waals surface area contributed by atoms with Gasteiger partial charge in [0.25, 0.3) is 0 Å². The molecule has 0 bridgehead atoms. The van der Waals surface area contributed by atoms with Crippen LogP contribution >= 0.6 is 0 Å². The Balaban J connectivity index is 1.15. The lowest BCUT2D eigenvalue weighted by molar-refractivity contribution is -0.118. The molecule has 1 saturated carbocycles. The lowest BCUT2D eigenvalue weighted by Crippen LogP contribution is -2.56. The number of fused-ring (bicyclic) bond motifs is 1. The summed E-state index contributed by atoms with van der Waals surface area (Å²) in [6.07, 6.45) is 6.54. The first-order valence-corrected chi connectivity index (χ1v) is 13.2. The van der Waals surface area contributed by atoms with Gasteiger partial charge in [0.1, 0.15) is 5.82 Å². The number of carbonyl (C=O) groups is 1. The molecule has 6 rings (SSSR count). The van der Waals surface area contributed by atoms with Crippen molar-refractivity contribution >= 4 is 22.5 Å². The van der Waals surface area contributed by atoms with Crippen LogP contribution in [0.5, 0.6) is 0 Å². The number of amides is 1. The summed E-state index contributed by atoms with van der Waals surface area (Å²) in [5.41, 5.74) is 2.57. The van der Waals surface area contributed by atoms with Gasteiger partial charge in [0.15, 0.2) is 0 Å². The van der Waals surface area contributed by atoms with Crippen molar-refractivity contribution in [1.82, 2.24) is 9.88 Å². The van der Waals surface area contributed by atoms with Gasteiger partial charge in [0, 0.05) is 30.7 Å². The molecule has 4 fully saturated rings. The summed E-state index contributed by atoms with van der Waals surface area (Å²) < 4.78 is 11.0. The highest BCUT2D eigenvalue weighted by atomic mass is 16.5. The van der Waals surface area contributed by atoms with Gasteiger partial charge in [-0.1, -0.05) is 6.07 Å². The van der Waals surface area contributed by atoms with E-state index in [4.69, 9.17) is 9.47 Å². The number of aliphatic hydroxyl groups excluding tert-OH is 1. The molecule has 188 valence electrons. The van der Waals surface area contributed by atoms with Crippen LogP contribution in [0.2, 0.25) is 0 Å². The normalized spacial score (nSPS) is 31.2. The summed E-state index contributed by atoms with van der Waals surface area (Å²) in [5.74, 6) is 1.33. The Morgan fingerprint density at radius 3 is 2.63 bits per heavy atom. The Bertz CT molecular complexity index is 1120. The largest absolute Gasteiger partial charge is 0.389 e. The van der Waals surface area contributed by atoms with Crippen LogP contribution in [0.3, 0.4) is 0 Å². The van der Waals surface area contributed by atoms with E-state index < -0.39 is 6.10 Å². The molecule has 0 radical (unpaired) electrons. The minimum absolute atomic E-state index is 0.0910. The van der Waals surface area contributed by atoms with Crippen LogP contribution in [0.25, 0.3) is 10.8 Å². The van der Waals surface area contributed by atoms with Crippen molar-refractivity contribution in [1.29, 1.82) is 0 Å². The molecular weight excluding hydrogens is 442 g/mol. The molecule has 4 heterocycles. The van der Waals surface area contributed by atoms with E-state index in [1.54, 1.807) is 0 Å². The third kappa shape index (κ3) is 4.16. The van der Waals surface area contributed by atoms with Crippen LogP contribution in [-0.4, -0.2) is 72.1 Å². The molecule has 3 aliphatic heterocycles. The number of rotatable bonds is 4. The second-order valence-corrected chi connectivity index (χ2v) is 11.5. The number of aromatic nitrogens is 1. The third-order valence-electron chi connectivity index (χ3n) is 9.40. The van der Waals surface area contributed by atoms with Crippen LogP contribution in [0.15, 0.2) is 24.4 Å². The number of aryl methyl sites for hydroxylation is 1. The smallest absolute Gasteiger partial charge is 0.229 e. The molecule has 3 saturated heterocycles. The molecule has 1 aromatic heterocycles. The van der Waals surface area contributed by atoms with Crippen molar-refractivity contribution in [2.75, 3.05) is 44.8 Å². The Hall–Kier alpha value is -2.06. The van der Waals surface area contributed by atoms with Crippen molar-refractivity contribution < 1.29 is 19.4 Å². The molecule has 7 heteroatoms. The second-order valence-electron chi connectivity index (χ2n) is 11.5. The van der Waals surface area contributed by atoms with E-state index in [0.717, 1.165) is 69.2 Å². The highest BCUT2D eigenvalue weighted by Gasteiger charge is 2.58. The number of carbonyl (C=O) groups excluding carboxylic acids is 1. The molecule has 35 heavy (non-hydrogen) atoms. The van der Waals surface area contributed by atoms with Crippen LogP contribution in [0.1, 0.15) is 56.1 Å². The second kappa shape index (κ2) is 8.80. The standard InChI is InChI=1S/C28H37N3O4/c1-18-11-21-15-29-25(30-26(33)23-14-28(23)5-9-34-10-6-28)13-20(21)12-22(18)19-3-7-31(8-4-19)27(2)17-35-16-24(27)32/h11-13,15,19,23-24,32H,3-10,14,16-17H2,1-2H3,(H,29,30,33). The maximum Gasteiger partial charge on any atom is 0.229 e. The molecule has 2 N–H and O–H groups in total. The van der Waals surface area contributed by atoms with Crippen molar-refractivity contribution in [2.45, 2.75) is 63.5 Å². The first-order chi connectivity index (χ1) is 16.9. The van der Waals surface area contributed by atoms with Gasteiger partial charge < -0.3 is 19.9 Å². The maximum atomic E-state index is 12.9. The number of nitrogens with zero attached hydrogens (tertiary/aromatic N) is 2. The zero-order valence-electron chi connectivity index (χ0n) is 20.9. The zero-order valence-corrected chi connectivity index (χ0v) is 20.9. The average Bonchev–Trinajstić information content (AvgIpc) is 3.44. The maximum absolute atomic E-state index is 12.9. The SMILES string of the molecule is Cc1cc2cnc(NC(=O)C3CC34CCOCC4)cc2cc1C1CCN(C2(C)COCC2O)CC1. The van der Waals surface area contributed by atoms with E-state index in [-0.39, 0.29) is 22.8 Å². The monoisotopic (exact) mass is 479 g/mol. The fourth-order valence-corrected chi connectivity index (χ4v) is 6.75. The first kappa shape index (κ1) is 23.3. The molecule has 3 unspecified atom stereocenters. The number of nitrogens with one attached hydrogen (secondary N) is 1. The van der Waals surface area contributed by atoms with E-state index in [9.17, 15) is 9.90 Å². The molecular formula is C28H37N3O4. The van der Waals surface area contributed by atoms with E-state index in [1.165, 1.54) is 11.1 Å². The first-order valence-electron chi connectivity index (χ1n) is 13.2. The summed E-state index contributed by atoms with van der Waals surface area (Å²) in [6.45, 7) is 8.82. The van der Waals surface area contributed by atoms with Gasteiger partial charge in [-0.2, -0.15) is 0 Å². The van der Waals surface area contributed by atoms with Gasteiger partial charge in [-0.3, -0.25) is 9.69 Å². The number of aliphatic hydroxyl groups is 1. The van der Waals surface area contributed by atoms with E-state index in [1.807, 2.05) is 12.3 Å². The van der Waals surface area contributed by atoms with Gasteiger partial charge in [-0.05, 0) is 99.0 Å².